The van der Waals surface area contributed by atoms with Crippen LogP contribution in [0, 0.1) is 0 Å². The maximum Gasteiger partial charge on any atom is 0.182 e. The van der Waals surface area contributed by atoms with Crippen molar-refractivity contribution in [2.45, 2.75) is 17.4 Å². The molecule has 0 saturated carbocycles. The fraction of sp³-hybridized carbons (Fsp3) is 0.417. The summed E-state index contributed by atoms with van der Waals surface area (Å²) in [7, 11) is -1.66. The standard InChI is InChI=1S/C12H16N4O2S2/c1-13-11-10(20(2,17)18)12-14-6-5-8(16(12)15-11)9-4-3-7-19-9/h3-4,7-8,14H,5-6H2,1-2H3,(H,13,15). The fourth-order valence-electron chi connectivity index (χ4n) is 2.51. The van der Waals surface area contributed by atoms with Gasteiger partial charge < -0.3 is 10.6 Å². The van der Waals surface area contributed by atoms with Gasteiger partial charge in [-0.2, -0.15) is 5.10 Å². The number of aromatic nitrogens is 2. The van der Waals surface area contributed by atoms with Crippen molar-refractivity contribution in [3.05, 3.63) is 22.4 Å². The smallest absolute Gasteiger partial charge is 0.182 e. The molecule has 0 aliphatic carbocycles. The Balaban J connectivity index is 2.19. The second kappa shape index (κ2) is 4.78. The summed E-state index contributed by atoms with van der Waals surface area (Å²) in [6.07, 6.45) is 2.10. The highest BCUT2D eigenvalue weighted by atomic mass is 32.2. The first-order valence-electron chi connectivity index (χ1n) is 6.30. The highest BCUT2D eigenvalue weighted by molar-refractivity contribution is 7.91. The molecule has 1 aliphatic rings. The summed E-state index contributed by atoms with van der Waals surface area (Å²) in [4.78, 5) is 1.44. The molecule has 1 atom stereocenters. The van der Waals surface area contributed by atoms with Crippen LogP contribution in [0.5, 0.6) is 0 Å². The van der Waals surface area contributed by atoms with E-state index in [4.69, 9.17) is 0 Å². The predicted octanol–water partition coefficient (Wildman–Crippen LogP) is 1.79. The summed E-state index contributed by atoms with van der Waals surface area (Å²) in [5, 5.41) is 12.5. The SMILES string of the molecule is CNc1nn2c(c1S(C)(=O)=O)NCCC2c1cccs1. The largest absolute Gasteiger partial charge is 0.371 e. The summed E-state index contributed by atoms with van der Waals surface area (Å²) in [5.41, 5.74) is 0. The van der Waals surface area contributed by atoms with E-state index in [0.29, 0.717) is 11.6 Å². The third-order valence-electron chi connectivity index (χ3n) is 3.35. The molecule has 0 aromatic carbocycles. The lowest BCUT2D eigenvalue weighted by molar-refractivity contribution is 0.488. The van der Waals surface area contributed by atoms with Gasteiger partial charge in [0.2, 0.25) is 0 Å². The summed E-state index contributed by atoms with van der Waals surface area (Å²) in [5.74, 6) is 0.986. The molecule has 0 saturated heterocycles. The number of sulfone groups is 1. The van der Waals surface area contributed by atoms with Crippen LogP contribution in [-0.2, 0) is 9.84 Å². The first kappa shape index (κ1) is 13.4. The highest BCUT2D eigenvalue weighted by Gasteiger charge is 2.31. The molecular formula is C12H16N4O2S2. The van der Waals surface area contributed by atoms with E-state index in [1.165, 1.54) is 11.1 Å². The Bertz CT molecular complexity index is 719. The van der Waals surface area contributed by atoms with Gasteiger partial charge in [-0.25, -0.2) is 13.1 Å². The lowest BCUT2D eigenvalue weighted by Gasteiger charge is -2.25. The van der Waals surface area contributed by atoms with Crippen LogP contribution in [0.15, 0.2) is 22.4 Å². The third-order valence-corrected chi connectivity index (χ3v) is 5.45. The van der Waals surface area contributed by atoms with Crippen molar-refractivity contribution in [1.82, 2.24) is 9.78 Å². The molecule has 6 nitrogen and oxygen atoms in total. The van der Waals surface area contributed by atoms with Gasteiger partial charge in [0.1, 0.15) is 5.82 Å². The van der Waals surface area contributed by atoms with E-state index < -0.39 is 9.84 Å². The molecule has 8 heteroatoms. The lowest BCUT2D eigenvalue weighted by atomic mass is 10.1. The Morgan fingerprint density at radius 2 is 2.35 bits per heavy atom. The number of hydrogen-bond donors (Lipinski definition) is 2. The van der Waals surface area contributed by atoms with Crippen molar-refractivity contribution in [3.8, 4) is 0 Å². The number of rotatable bonds is 3. The van der Waals surface area contributed by atoms with Gasteiger partial charge in [-0.3, -0.25) is 0 Å². The normalized spacial score (nSPS) is 18.4. The number of hydrogen-bond acceptors (Lipinski definition) is 6. The monoisotopic (exact) mass is 312 g/mol. The minimum absolute atomic E-state index is 0.0915. The molecular weight excluding hydrogens is 296 g/mol. The summed E-state index contributed by atoms with van der Waals surface area (Å²) < 4.78 is 25.8. The van der Waals surface area contributed by atoms with Gasteiger partial charge in [0.05, 0.1) is 6.04 Å². The summed E-state index contributed by atoms with van der Waals surface area (Å²) >= 11 is 1.66. The summed E-state index contributed by atoms with van der Waals surface area (Å²) in [6, 6.07) is 4.15. The van der Waals surface area contributed by atoms with E-state index in [9.17, 15) is 8.42 Å². The average molecular weight is 312 g/mol. The Morgan fingerprint density at radius 3 is 2.95 bits per heavy atom. The Kier molecular flexibility index (Phi) is 3.21. The molecule has 20 heavy (non-hydrogen) atoms. The van der Waals surface area contributed by atoms with Gasteiger partial charge in [-0.15, -0.1) is 11.3 Å². The Morgan fingerprint density at radius 1 is 1.55 bits per heavy atom. The molecule has 1 unspecified atom stereocenters. The van der Waals surface area contributed by atoms with Crippen LogP contribution in [0.4, 0.5) is 11.6 Å². The van der Waals surface area contributed by atoms with E-state index in [2.05, 4.69) is 21.8 Å². The van der Waals surface area contributed by atoms with E-state index >= 15 is 0 Å². The van der Waals surface area contributed by atoms with Crippen LogP contribution in [0.1, 0.15) is 17.3 Å². The maximum atomic E-state index is 12.0. The van der Waals surface area contributed by atoms with Crippen LogP contribution in [0.25, 0.3) is 0 Å². The fourth-order valence-corrected chi connectivity index (χ4v) is 4.37. The topological polar surface area (TPSA) is 76.0 Å². The molecule has 0 bridgehead atoms. The molecule has 2 N–H and O–H groups in total. The molecule has 0 amide bonds. The van der Waals surface area contributed by atoms with Crippen LogP contribution >= 0.6 is 11.3 Å². The summed E-state index contributed by atoms with van der Waals surface area (Å²) in [6.45, 7) is 0.736. The number of anilines is 2. The zero-order chi connectivity index (χ0) is 14.3. The maximum absolute atomic E-state index is 12.0. The minimum atomic E-state index is -3.34. The quantitative estimate of drug-likeness (QED) is 0.904. The first-order valence-corrected chi connectivity index (χ1v) is 9.07. The van der Waals surface area contributed by atoms with Gasteiger partial charge in [-0.1, -0.05) is 6.07 Å². The molecule has 2 aromatic heterocycles. The molecule has 1 aliphatic heterocycles. The van der Waals surface area contributed by atoms with Gasteiger partial charge in [0, 0.05) is 24.7 Å². The zero-order valence-electron chi connectivity index (χ0n) is 11.3. The van der Waals surface area contributed by atoms with Crippen LogP contribution in [-0.4, -0.2) is 38.0 Å². The number of thiophene rings is 1. The molecule has 0 spiro atoms. The first-order chi connectivity index (χ1) is 9.52. The van der Waals surface area contributed by atoms with Crippen molar-refractivity contribution in [3.63, 3.8) is 0 Å². The second-order valence-electron chi connectivity index (χ2n) is 4.74. The van der Waals surface area contributed by atoms with E-state index in [0.717, 1.165) is 13.0 Å². The number of fused-ring (bicyclic) bond motifs is 1. The Hall–Kier alpha value is -1.54. The van der Waals surface area contributed by atoms with E-state index in [1.54, 1.807) is 23.1 Å². The molecule has 3 rings (SSSR count). The predicted molar refractivity (Wildman–Crippen MR) is 80.4 cm³/mol. The van der Waals surface area contributed by atoms with Gasteiger partial charge in [-0.05, 0) is 17.9 Å². The molecule has 108 valence electrons. The zero-order valence-corrected chi connectivity index (χ0v) is 12.9. The Labute approximate surface area is 121 Å². The van der Waals surface area contributed by atoms with Gasteiger partial charge in [0.25, 0.3) is 0 Å². The van der Waals surface area contributed by atoms with Crippen molar-refractivity contribution in [2.75, 3.05) is 30.5 Å². The number of nitrogens with zero attached hydrogens (tertiary/aromatic N) is 2. The second-order valence-corrected chi connectivity index (χ2v) is 7.67. The minimum Gasteiger partial charge on any atom is -0.371 e. The van der Waals surface area contributed by atoms with Crippen molar-refractivity contribution >= 4 is 32.8 Å². The number of nitrogens with one attached hydrogen (secondary N) is 2. The molecule has 0 radical (unpaired) electrons. The van der Waals surface area contributed by atoms with Crippen molar-refractivity contribution in [2.24, 2.45) is 0 Å². The molecule has 2 aromatic rings. The van der Waals surface area contributed by atoms with Crippen LogP contribution in [0.2, 0.25) is 0 Å². The third kappa shape index (κ3) is 2.08. The highest BCUT2D eigenvalue weighted by Crippen LogP contribution is 2.38. The van der Waals surface area contributed by atoms with E-state index in [-0.39, 0.29) is 10.9 Å². The van der Waals surface area contributed by atoms with Gasteiger partial charge >= 0.3 is 0 Å². The molecule has 3 heterocycles. The van der Waals surface area contributed by atoms with Crippen molar-refractivity contribution < 1.29 is 8.42 Å². The van der Waals surface area contributed by atoms with Gasteiger partial charge in [0.15, 0.2) is 20.6 Å². The lowest BCUT2D eigenvalue weighted by Crippen LogP contribution is -2.24. The molecule has 0 fully saturated rings. The average Bonchev–Trinajstić information content (AvgIpc) is 3.03. The van der Waals surface area contributed by atoms with Crippen molar-refractivity contribution in [1.29, 1.82) is 0 Å². The van der Waals surface area contributed by atoms with E-state index in [1.807, 2.05) is 11.4 Å². The van der Waals surface area contributed by atoms with Crippen LogP contribution in [0.3, 0.4) is 0 Å². The van der Waals surface area contributed by atoms with Crippen LogP contribution < -0.4 is 10.6 Å².